The number of benzene rings is 1. The fourth-order valence-corrected chi connectivity index (χ4v) is 6.84. The van der Waals surface area contributed by atoms with E-state index in [1.54, 1.807) is 18.7 Å². The van der Waals surface area contributed by atoms with Crippen molar-refractivity contribution in [3.8, 4) is 0 Å². The average Bonchev–Trinajstić information content (AvgIpc) is 3.28. The summed E-state index contributed by atoms with van der Waals surface area (Å²) in [5, 5.41) is 20.1. The Bertz CT molecular complexity index is 950. The van der Waals surface area contributed by atoms with Crippen molar-refractivity contribution in [2.24, 2.45) is 23.3 Å². The van der Waals surface area contributed by atoms with Gasteiger partial charge in [-0.2, -0.15) is 0 Å². The van der Waals surface area contributed by atoms with Gasteiger partial charge in [0.2, 0.25) is 5.91 Å². The molecule has 6 N–H and O–H groups in total. The van der Waals surface area contributed by atoms with Gasteiger partial charge in [0.15, 0.2) is 0 Å². The number of aliphatic hydroxyl groups excluding tert-OH is 1. The summed E-state index contributed by atoms with van der Waals surface area (Å²) in [7, 11) is 0. The van der Waals surface area contributed by atoms with E-state index in [4.69, 9.17) is 11.5 Å². The lowest BCUT2D eigenvalue weighted by molar-refractivity contribution is -0.163. The largest absolute Gasteiger partial charge is 0.477 e. The molecule has 9 heteroatoms. The predicted octanol–water partition coefficient (Wildman–Crippen LogP) is 1.07. The van der Waals surface area contributed by atoms with Crippen molar-refractivity contribution in [2.45, 2.75) is 57.3 Å². The van der Waals surface area contributed by atoms with Crippen LogP contribution in [0.1, 0.15) is 37.0 Å². The second-order valence-electron chi connectivity index (χ2n) is 9.05. The highest BCUT2D eigenvalue weighted by Gasteiger charge is 2.60. The molecule has 174 valence electrons. The van der Waals surface area contributed by atoms with Gasteiger partial charge in [-0.15, -0.1) is 11.8 Å². The molecule has 1 aromatic carbocycles. The topological polar surface area (TPSA) is 133 Å². The van der Waals surface area contributed by atoms with Crippen LogP contribution in [0.4, 0.5) is 0 Å². The molecule has 1 amide bonds. The third kappa shape index (κ3) is 3.97. The highest BCUT2D eigenvalue weighted by atomic mass is 32.2. The Hall–Kier alpha value is -1.91. The van der Waals surface area contributed by atoms with Crippen LogP contribution in [0.25, 0.3) is 0 Å². The predicted molar refractivity (Wildman–Crippen MR) is 123 cm³/mol. The Labute approximate surface area is 192 Å². The highest BCUT2D eigenvalue weighted by molar-refractivity contribution is 8.03. The standard InChI is InChI=1S/C23H32N4O4S/c1-12-19-18(13(2)28)22(29)27(19)20(23(30)31)21(12)32-17-5-6-26(11-17)10-14-3-4-15(8-24)16(7-14)9-25/h3-4,7,12-13,17-19,28H,5-6,8-11,24-25H2,1-2H3,(H,30,31)/t12-,13?,17-,18-,19-/m1/s1. The summed E-state index contributed by atoms with van der Waals surface area (Å²) >= 11 is 1.60. The van der Waals surface area contributed by atoms with E-state index >= 15 is 0 Å². The number of aliphatic hydroxyl groups is 1. The van der Waals surface area contributed by atoms with E-state index in [1.165, 1.54) is 10.5 Å². The minimum atomic E-state index is -1.07. The molecular weight excluding hydrogens is 428 g/mol. The number of β-lactam (4-membered cyclic amide) rings is 1. The van der Waals surface area contributed by atoms with Gasteiger partial charge in [0, 0.05) is 42.3 Å². The normalized spacial score (nSPS) is 28.8. The summed E-state index contributed by atoms with van der Waals surface area (Å²) in [6.07, 6.45) is 0.174. The number of likely N-dealkylation sites (tertiary alicyclic amines) is 1. The van der Waals surface area contributed by atoms with Crippen LogP contribution in [-0.4, -0.2) is 62.4 Å². The number of carboxylic acids is 1. The van der Waals surface area contributed by atoms with E-state index in [0.717, 1.165) is 42.1 Å². The first-order valence-electron chi connectivity index (χ1n) is 11.1. The van der Waals surface area contributed by atoms with Crippen molar-refractivity contribution in [3.63, 3.8) is 0 Å². The molecule has 0 radical (unpaired) electrons. The zero-order valence-electron chi connectivity index (χ0n) is 18.5. The lowest BCUT2D eigenvalue weighted by Crippen LogP contribution is -2.63. The summed E-state index contributed by atoms with van der Waals surface area (Å²) in [5.74, 6) is -1.96. The van der Waals surface area contributed by atoms with Crippen LogP contribution in [0.3, 0.4) is 0 Å². The molecule has 32 heavy (non-hydrogen) atoms. The average molecular weight is 461 g/mol. The van der Waals surface area contributed by atoms with Gasteiger partial charge in [0.1, 0.15) is 5.70 Å². The van der Waals surface area contributed by atoms with E-state index in [2.05, 4.69) is 17.0 Å². The second-order valence-corrected chi connectivity index (χ2v) is 10.4. The SMILES string of the molecule is CC(O)[C@H]1C(=O)N2C(C(=O)O)=C(S[C@@H]3CCN(Cc4ccc(CN)c(CN)c4)C3)[C@H](C)[C@H]12. The van der Waals surface area contributed by atoms with Gasteiger partial charge in [-0.25, -0.2) is 4.79 Å². The summed E-state index contributed by atoms with van der Waals surface area (Å²) in [6, 6.07) is 6.01. The van der Waals surface area contributed by atoms with Crippen molar-refractivity contribution in [1.29, 1.82) is 0 Å². The fourth-order valence-electron chi connectivity index (χ4n) is 5.32. The molecule has 1 unspecified atom stereocenters. The van der Waals surface area contributed by atoms with Crippen molar-refractivity contribution in [3.05, 3.63) is 45.5 Å². The lowest BCUT2D eigenvalue weighted by atomic mass is 9.79. The van der Waals surface area contributed by atoms with E-state index in [9.17, 15) is 19.8 Å². The molecule has 2 fully saturated rings. The first-order chi connectivity index (χ1) is 15.3. The molecule has 8 nitrogen and oxygen atoms in total. The number of nitrogens with two attached hydrogens (primary N) is 2. The molecule has 0 spiro atoms. The fraction of sp³-hybridized carbons (Fsp3) is 0.565. The number of fused-ring (bicyclic) bond motifs is 1. The number of thioether (sulfide) groups is 1. The maximum atomic E-state index is 12.5. The monoisotopic (exact) mass is 460 g/mol. The van der Waals surface area contributed by atoms with Crippen molar-refractivity contribution < 1.29 is 19.8 Å². The lowest BCUT2D eigenvalue weighted by Gasteiger charge is -2.46. The van der Waals surface area contributed by atoms with Crippen molar-refractivity contribution in [2.75, 3.05) is 13.1 Å². The Morgan fingerprint density at radius 1 is 1.28 bits per heavy atom. The molecule has 2 saturated heterocycles. The first kappa shape index (κ1) is 23.3. The summed E-state index contributed by atoms with van der Waals surface area (Å²) in [6.45, 7) is 7.11. The van der Waals surface area contributed by atoms with E-state index in [0.29, 0.717) is 13.1 Å². The molecule has 3 heterocycles. The number of carbonyl (C=O) groups is 2. The van der Waals surface area contributed by atoms with Gasteiger partial charge in [-0.05, 0) is 36.6 Å². The third-order valence-corrected chi connectivity index (χ3v) is 8.49. The molecular formula is C23H32N4O4S. The van der Waals surface area contributed by atoms with Gasteiger partial charge >= 0.3 is 5.97 Å². The van der Waals surface area contributed by atoms with Crippen molar-refractivity contribution >= 4 is 23.6 Å². The number of aliphatic carboxylic acids is 1. The van der Waals surface area contributed by atoms with E-state index in [-0.39, 0.29) is 28.8 Å². The summed E-state index contributed by atoms with van der Waals surface area (Å²) < 4.78 is 0. The first-order valence-corrected chi connectivity index (χ1v) is 12.0. The van der Waals surface area contributed by atoms with Crippen molar-refractivity contribution in [1.82, 2.24) is 9.80 Å². The molecule has 0 saturated carbocycles. The van der Waals surface area contributed by atoms with E-state index < -0.39 is 18.0 Å². The number of amides is 1. The second kappa shape index (κ2) is 9.15. The number of carbonyl (C=O) groups excluding carboxylic acids is 1. The quantitative estimate of drug-likeness (QED) is 0.423. The third-order valence-electron chi connectivity index (χ3n) is 6.95. The van der Waals surface area contributed by atoms with E-state index in [1.807, 2.05) is 13.0 Å². The number of nitrogens with zero attached hydrogens (tertiary/aromatic N) is 2. The minimum absolute atomic E-state index is 0.0895. The zero-order chi connectivity index (χ0) is 23.2. The van der Waals surface area contributed by atoms with Gasteiger partial charge in [-0.3, -0.25) is 9.69 Å². The van der Waals surface area contributed by atoms with Crippen LogP contribution < -0.4 is 11.5 Å². The molecule has 1 aromatic rings. The molecule has 0 aromatic heterocycles. The Balaban J connectivity index is 1.44. The number of carboxylic acid groups (broad SMARTS) is 1. The molecule has 3 aliphatic rings. The molecule has 5 atom stereocenters. The molecule has 0 bridgehead atoms. The van der Waals surface area contributed by atoms with Gasteiger partial charge in [0.25, 0.3) is 0 Å². The maximum absolute atomic E-state index is 12.5. The Morgan fingerprint density at radius 2 is 2.00 bits per heavy atom. The van der Waals surface area contributed by atoms with Crippen LogP contribution in [0.15, 0.2) is 28.8 Å². The minimum Gasteiger partial charge on any atom is -0.477 e. The van der Waals surface area contributed by atoms with Crippen LogP contribution in [-0.2, 0) is 29.2 Å². The van der Waals surface area contributed by atoms with Crippen LogP contribution in [0.5, 0.6) is 0 Å². The number of hydrogen-bond acceptors (Lipinski definition) is 7. The van der Waals surface area contributed by atoms with Crippen LogP contribution >= 0.6 is 11.8 Å². The Morgan fingerprint density at radius 3 is 2.62 bits per heavy atom. The highest BCUT2D eigenvalue weighted by Crippen LogP contribution is 2.51. The van der Waals surface area contributed by atoms with Gasteiger partial charge < -0.3 is 26.6 Å². The molecule has 3 aliphatic heterocycles. The zero-order valence-corrected chi connectivity index (χ0v) is 19.3. The van der Waals surface area contributed by atoms with Gasteiger partial charge in [0.05, 0.1) is 18.1 Å². The Kier molecular flexibility index (Phi) is 6.65. The molecule has 0 aliphatic carbocycles. The van der Waals surface area contributed by atoms with Gasteiger partial charge in [-0.1, -0.05) is 25.1 Å². The maximum Gasteiger partial charge on any atom is 0.353 e. The van der Waals surface area contributed by atoms with Crippen LogP contribution in [0, 0.1) is 11.8 Å². The summed E-state index contributed by atoms with van der Waals surface area (Å²) in [5.41, 5.74) is 15.1. The number of hydrogen-bond donors (Lipinski definition) is 4. The van der Waals surface area contributed by atoms with Crippen LogP contribution in [0.2, 0.25) is 0 Å². The molecule has 4 rings (SSSR count). The smallest absolute Gasteiger partial charge is 0.353 e. The summed E-state index contributed by atoms with van der Waals surface area (Å²) in [4.78, 5) is 29.1. The number of rotatable bonds is 8.